The van der Waals surface area contributed by atoms with Crippen LogP contribution in [0.3, 0.4) is 0 Å². The van der Waals surface area contributed by atoms with Crippen molar-refractivity contribution in [2.75, 3.05) is 55.3 Å². The third-order valence-corrected chi connectivity index (χ3v) is 14.5. The normalized spacial score (nSPS) is 19.0. The Hall–Kier alpha value is -8.47. The number of nitrogens with one attached hydrogen (secondary N) is 4. The predicted molar refractivity (Wildman–Crippen MR) is 303 cm³/mol. The minimum Gasteiger partial charge on any atom is -0.479 e. The first-order valence-corrected chi connectivity index (χ1v) is 28.2. The SMILES string of the molecule is CCN(CCON(C(=O)CCCCCCNc1c(Nc2ccncc2)c(=O)c1=O)C1CCCCC1)C(=O)c1cccc(CC(=O)OCc2ccc(O[C@@H]3O[C@H](C(=O)O)[C@@H](O)[C@H](O)[C@H]3O)c(NC(=O)CCNC(=O)[C@H](CN)N3C(=O)C=CC3=O)c2)c1. The van der Waals surface area contributed by atoms with Crippen LogP contribution in [0.15, 0.2) is 88.7 Å². The van der Waals surface area contributed by atoms with Crippen molar-refractivity contribution in [2.45, 2.75) is 133 Å². The molecule has 0 radical (unpaired) electrons. The van der Waals surface area contributed by atoms with Gasteiger partial charge in [0.05, 0.1) is 24.8 Å². The number of imide groups is 1. The summed E-state index contributed by atoms with van der Waals surface area (Å²) in [5.74, 6) is -6.08. The third-order valence-electron chi connectivity index (χ3n) is 14.5. The van der Waals surface area contributed by atoms with Crippen molar-refractivity contribution < 1.29 is 77.8 Å². The topological polar surface area (TPSA) is 385 Å². The Morgan fingerprint density at radius 3 is 2.25 bits per heavy atom. The lowest BCUT2D eigenvalue weighted by molar-refractivity contribution is -0.271. The summed E-state index contributed by atoms with van der Waals surface area (Å²) in [6.07, 6.45) is 2.34. The van der Waals surface area contributed by atoms with E-state index in [0.29, 0.717) is 47.6 Å². The first-order chi connectivity index (χ1) is 40.9. The number of benzene rings is 2. The van der Waals surface area contributed by atoms with E-state index in [4.69, 9.17) is 24.8 Å². The van der Waals surface area contributed by atoms with Gasteiger partial charge in [-0.1, -0.05) is 50.3 Å². The fourth-order valence-electron chi connectivity index (χ4n) is 9.89. The molecule has 2 fully saturated rings. The molecule has 0 unspecified atom stereocenters. The smallest absolute Gasteiger partial charge is 0.335 e. The molecule has 27 nitrogen and oxygen atoms in total. The average molecular weight is 1180 g/mol. The van der Waals surface area contributed by atoms with Crippen molar-refractivity contribution in [2.24, 2.45) is 5.73 Å². The summed E-state index contributed by atoms with van der Waals surface area (Å²) in [4.78, 5) is 140. The molecule has 1 saturated heterocycles. The Bertz CT molecular complexity index is 3110. The van der Waals surface area contributed by atoms with Crippen molar-refractivity contribution in [3.63, 3.8) is 0 Å². The van der Waals surface area contributed by atoms with Crippen molar-refractivity contribution in [3.8, 4) is 5.75 Å². The highest BCUT2D eigenvalue weighted by atomic mass is 16.7. The highest BCUT2D eigenvalue weighted by Gasteiger charge is 2.48. The molecule has 456 valence electrons. The molecule has 0 bridgehead atoms. The number of ether oxygens (including phenoxy) is 3. The number of pyridine rings is 1. The number of aromatic nitrogens is 1. The molecule has 3 heterocycles. The van der Waals surface area contributed by atoms with Crippen LogP contribution < -0.4 is 42.6 Å². The number of carboxylic acids is 1. The number of carboxylic acid groups (broad SMARTS) is 1. The van der Waals surface area contributed by atoms with E-state index < -0.39 is 96.1 Å². The lowest BCUT2D eigenvalue weighted by Gasteiger charge is -2.38. The molecule has 0 spiro atoms. The molecule has 6 amide bonds. The maximum Gasteiger partial charge on any atom is 0.335 e. The van der Waals surface area contributed by atoms with Crippen LogP contribution in [0.25, 0.3) is 0 Å². The number of hydrogen-bond acceptors (Lipinski definition) is 21. The van der Waals surface area contributed by atoms with Gasteiger partial charge in [0, 0.05) is 81.4 Å². The summed E-state index contributed by atoms with van der Waals surface area (Å²) in [6.45, 7) is 1.76. The number of amides is 6. The summed E-state index contributed by atoms with van der Waals surface area (Å²) >= 11 is 0. The number of aliphatic carboxylic acids is 1. The second kappa shape index (κ2) is 30.9. The lowest BCUT2D eigenvalue weighted by atomic mass is 9.95. The second-order valence-corrected chi connectivity index (χ2v) is 20.5. The van der Waals surface area contributed by atoms with Crippen LogP contribution >= 0.6 is 0 Å². The van der Waals surface area contributed by atoms with Crippen molar-refractivity contribution in [1.82, 2.24) is 25.2 Å². The Kier molecular flexibility index (Phi) is 23.3. The zero-order chi connectivity index (χ0) is 61.2. The maximum absolute atomic E-state index is 13.9. The van der Waals surface area contributed by atoms with Crippen LogP contribution in [0.5, 0.6) is 5.75 Å². The molecule has 3 aliphatic rings. The number of aliphatic hydroxyl groups is 3. The average Bonchev–Trinajstić information content (AvgIpc) is 3.56. The fourth-order valence-corrected chi connectivity index (χ4v) is 9.89. The molecule has 10 N–H and O–H groups in total. The van der Waals surface area contributed by atoms with Crippen LogP contribution in [0.1, 0.15) is 99.0 Å². The summed E-state index contributed by atoms with van der Waals surface area (Å²) in [7, 11) is 0. The van der Waals surface area contributed by atoms with Gasteiger partial charge in [0.25, 0.3) is 28.6 Å². The molecule has 1 aromatic heterocycles. The van der Waals surface area contributed by atoms with Crippen molar-refractivity contribution in [1.29, 1.82) is 0 Å². The van der Waals surface area contributed by atoms with Gasteiger partial charge in [0.2, 0.25) is 24.0 Å². The molecule has 1 saturated carbocycles. The monoisotopic (exact) mass is 1180 g/mol. The number of nitrogens with zero attached hydrogens (tertiary/aromatic N) is 4. The lowest BCUT2D eigenvalue weighted by Crippen LogP contribution is -2.61. The Balaban J connectivity index is 0.897. The number of anilines is 4. The summed E-state index contributed by atoms with van der Waals surface area (Å²) < 4.78 is 16.6. The summed E-state index contributed by atoms with van der Waals surface area (Å²) in [6, 6.07) is 12.4. The fraction of sp³-hybridized carbons (Fsp3) is 0.466. The number of carbonyl (C=O) groups is 8. The number of rotatable bonds is 31. The van der Waals surface area contributed by atoms with Crippen LogP contribution in [0.4, 0.5) is 22.7 Å². The van der Waals surface area contributed by atoms with Crippen molar-refractivity contribution in [3.05, 3.63) is 116 Å². The van der Waals surface area contributed by atoms with Crippen LogP contribution in [-0.2, 0) is 60.9 Å². The van der Waals surface area contributed by atoms with Gasteiger partial charge < -0.3 is 66.5 Å². The van der Waals surface area contributed by atoms with Gasteiger partial charge in [-0.2, -0.15) is 0 Å². The zero-order valence-corrected chi connectivity index (χ0v) is 46.9. The molecule has 4 aromatic rings. The van der Waals surface area contributed by atoms with Crippen LogP contribution in [-0.4, -0.2) is 170 Å². The van der Waals surface area contributed by atoms with E-state index in [9.17, 15) is 68.4 Å². The van der Waals surface area contributed by atoms with E-state index in [1.165, 1.54) is 23.3 Å². The zero-order valence-electron chi connectivity index (χ0n) is 46.9. The number of carbonyl (C=O) groups excluding carboxylic acids is 7. The van der Waals surface area contributed by atoms with Crippen molar-refractivity contribution >= 4 is 70.1 Å². The second-order valence-electron chi connectivity index (χ2n) is 20.5. The van der Waals surface area contributed by atoms with Gasteiger partial charge >= 0.3 is 11.9 Å². The highest BCUT2D eigenvalue weighted by molar-refractivity contribution is 6.15. The Morgan fingerprint density at radius 1 is 0.824 bits per heavy atom. The van der Waals surface area contributed by atoms with E-state index in [1.54, 1.807) is 53.7 Å². The molecule has 27 heteroatoms. The quantitative estimate of drug-likeness (QED) is 0.0113. The Morgan fingerprint density at radius 2 is 1.54 bits per heavy atom. The molecule has 7 rings (SSSR count). The first kappa shape index (κ1) is 64.1. The molecule has 6 atom stereocenters. The van der Waals surface area contributed by atoms with Gasteiger partial charge in [0.1, 0.15) is 48.1 Å². The third kappa shape index (κ3) is 17.1. The van der Waals surface area contributed by atoms with E-state index in [-0.39, 0.29) is 85.4 Å². The number of nitrogens with two attached hydrogens (primary N) is 1. The summed E-state index contributed by atoms with van der Waals surface area (Å²) in [5.41, 5.74) is 6.57. The first-order valence-electron chi connectivity index (χ1n) is 28.2. The number of likely N-dealkylation sites (N-methyl/N-ethyl adjacent to an activating group) is 1. The van der Waals surface area contributed by atoms with E-state index in [2.05, 4.69) is 26.3 Å². The maximum atomic E-state index is 13.9. The molecular weight excluding hydrogens is 1110 g/mol. The molecule has 85 heavy (non-hydrogen) atoms. The number of hydrogen-bond donors (Lipinski definition) is 9. The molecular formula is C58H71N9O18. The van der Waals surface area contributed by atoms with Crippen LogP contribution in [0.2, 0.25) is 0 Å². The number of unbranched alkanes of at least 4 members (excludes halogenated alkanes) is 3. The largest absolute Gasteiger partial charge is 0.479 e. The van der Waals surface area contributed by atoms with Gasteiger partial charge in [-0.3, -0.25) is 57.9 Å². The molecule has 2 aliphatic heterocycles. The highest BCUT2D eigenvalue weighted by Crippen LogP contribution is 2.32. The number of esters is 1. The van der Waals surface area contributed by atoms with Gasteiger partial charge in [-0.25, -0.2) is 9.86 Å². The predicted octanol–water partition coefficient (Wildman–Crippen LogP) is 1.29. The number of hydroxylamine groups is 2. The van der Waals surface area contributed by atoms with Gasteiger partial charge in [0.15, 0.2) is 6.10 Å². The van der Waals surface area contributed by atoms with Gasteiger partial charge in [-0.05, 0) is 80.1 Å². The van der Waals surface area contributed by atoms with Gasteiger partial charge in [-0.15, -0.1) is 0 Å². The molecule has 1 aliphatic carbocycles. The Labute approximate surface area is 488 Å². The van der Waals surface area contributed by atoms with E-state index >= 15 is 0 Å². The van der Waals surface area contributed by atoms with E-state index in [0.717, 1.165) is 57.1 Å². The van der Waals surface area contributed by atoms with E-state index in [1.807, 2.05) is 6.92 Å². The standard InChI is InChI=1S/C58H71N9O18/c1-2-65(27-28-83-67(38-13-6-5-7-14-38)45(71)15-8-3-4-9-23-61-47-48(50(74)49(47)73)63-37-20-24-60-25-21-37)56(79)36-12-10-11-34(29-36)31-46(72)82-33-35-16-17-41(84-58-53(77)51(75)52(76)54(85-58)57(80)81)39(30-35)64-42(68)22-26-62-55(78)40(32-59)66-43(69)18-19-44(66)70/h10-12,16-21,24-25,29-30,38,40,51-54,58,61,75-77H,2-9,13-15,22-23,26-28,31-33,59H2,1H3,(H,60,63)(H,62,78)(H,64,68)(H,80,81)/t40-,51-,52-,53+,54-,58+/m0/s1. The number of aliphatic hydroxyl groups excluding tert-OH is 3. The minimum atomic E-state index is -2.02. The van der Waals surface area contributed by atoms with Crippen LogP contribution in [0, 0.1) is 0 Å². The summed E-state index contributed by atoms with van der Waals surface area (Å²) in [5, 5.41) is 53.3. The minimum absolute atomic E-state index is 0.0566. The molecule has 3 aromatic carbocycles.